The second kappa shape index (κ2) is 4.60. The number of hydrogen-bond acceptors (Lipinski definition) is 4. The molecule has 0 spiro atoms. The third-order valence-corrected chi connectivity index (χ3v) is 1.83. The van der Waals surface area contributed by atoms with E-state index in [1.165, 1.54) is 0 Å². The minimum atomic E-state index is -3.00. The first-order valence-electron chi connectivity index (χ1n) is 4.04. The van der Waals surface area contributed by atoms with Gasteiger partial charge in [-0.15, -0.1) is 0 Å². The van der Waals surface area contributed by atoms with Crippen molar-refractivity contribution < 1.29 is 23.6 Å². The molecule has 0 fully saturated rings. The number of carbonyl (C=O) groups is 1. The molecule has 1 N–H and O–H groups in total. The van der Waals surface area contributed by atoms with Crippen molar-refractivity contribution in [3.8, 4) is 0 Å². The summed E-state index contributed by atoms with van der Waals surface area (Å²) in [6.07, 6.45) is -2.35. The van der Waals surface area contributed by atoms with Gasteiger partial charge in [-0.2, -0.15) is 0 Å². The molecule has 0 aliphatic rings. The van der Waals surface area contributed by atoms with Crippen LogP contribution in [0, 0.1) is 10.1 Å². The van der Waals surface area contributed by atoms with E-state index >= 15 is 0 Å². The van der Waals surface area contributed by atoms with Gasteiger partial charge in [-0.05, 0) is 0 Å². The Morgan fingerprint density at radius 3 is 2.62 bits per heavy atom. The maximum Gasteiger partial charge on any atom is 0.308 e. The molecule has 1 heterocycles. The Balaban J connectivity index is 3.34. The number of carboxylic acids is 1. The fourth-order valence-electron chi connectivity index (χ4n) is 1.18. The fourth-order valence-corrected chi connectivity index (χ4v) is 1.18. The zero-order chi connectivity index (χ0) is 12.3. The molecule has 0 bridgehead atoms. The molecule has 16 heavy (non-hydrogen) atoms. The molecule has 6 nitrogen and oxygen atoms in total. The first kappa shape index (κ1) is 12.0. The van der Waals surface area contributed by atoms with Crippen LogP contribution in [0.5, 0.6) is 0 Å². The van der Waals surface area contributed by atoms with Crippen LogP contribution in [-0.4, -0.2) is 21.0 Å². The number of nitrogens with zero attached hydrogens (tertiary/aromatic N) is 2. The van der Waals surface area contributed by atoms with E-state index in [1.807, 2.05) is 0 Å². The summed E-state index contributed by atoms with van der Waals surface area (Å²) in [7, 11) is 0. The SMILES string of the molecule is O=C(O)Cc1c(C(F)F)cncc1[N+](=O)[O-]. The van der Waals surface area contributed by atoms with Gasteiger partial charge in [0, 0.05) is 11.8 Å². The number of pyridine rings is 1. The van der Waals surface area contributed by atoms with Crippen LogP contribution in [0.4, 0.5) is 14.5 Å². The van der Waals surface area contributed by atoms with E-state index in [1.54, 1.807) is 0 Å². The van der Waals surface area contributed by atoms with Crippen LogP contribution in [0.2, 0.25) is 0 Å². The van der Waals surface area contributed by atoms with Crippen molar-refractivity contribution in [1.82, 2.24) is 4.98 Å². The minimum absolute atomic E-state index is 0.512. The van der Waals surface area contributed by atoms with Gasteiger partial charge >= 0.3 is 5.97 Å². The number of halogens is 2. The molecular formula is C8H6F2N2O4. The van der Waals surface area contributed by atoms with Crippen LogP contribution in [0.1, 0.15) is 17.6 Å². The zero-order valence-corrected chi connectivity index (χ0v) is 7.76. The van der Waals surface area contributed by atoms with E-state index < -0.39 is 40.6 Å². The second-order valence-electron chi connectivity index (χ2n) is 2.85. The zero-order valence-electron chi connectivity index (χ0n) is 7.76. The summed E-state index contributed by atoms with van der Waals surface area (Å²) < 4.78 is 24.9. The summed E-state index contributed by atoms with van der Waals surface area (Å²) in [5.74, 6) is -1.42. The molecule has 1 rings (SSSR count). The molecule has 0 aliphatic carbocycles. The van der Waals surface area contributed by atoms with Crippen molar-refractivity contribution in [2.24, 2.45) is 0 Å². The maximum atomic E-state index is 12.5. The summed E-state index contributed by atoms with van der Waals surface area (Å²) in [5.41, 5.74) is -1.95. The van der Waals surface area contributed by atoms with Crippen LogP contribution in [0.25, 0.3) is 0 Å². The normalized spacial score (nSPS) is 10.4. The Morgan fingerprint density at radius 1 is 1.56 bits per heavy atom. The smallest absolute Gasteiger partial charge is 0.308 e. The molecule has 1 aromatic rings. The number of nitro groups is 1. The highest BCUT2D eigenvalue weighted by Crippen LogP contribution is 2.28. The first-order chi connectivity index (χ1) is 7.43. The molecule has 8 heteroatoms. The van der Waals surface area contributed by atoms with Gasteiger partial charge in [0.25, 0.3) is 12.1 Å². The van der Waals surface area contributed by atoms with Crippen LogP contribution >= 0.6 is 0 Å². The van der Waals surface area contributed by atoms with Crippen molar-refractivity contribution in [2.75, 3.05) is 0 Å². The number of carboxylic acid groups (broad SMARTS) is 1. The second-order valence-corrected chi connectivity index (χ2v) is 2.85. The van der Waals surface area contributed by atoms with E-state index in [9.17, 15) is 23.7 Å². The lowest BCUT2D eigenvalue weighted by Crippen LogP contribution is -2.08. The lowest BCUT2D eigenvalue weighted by molar-refractivity contribution is -0.386. The van der Waals surface area contributed by atoms with Crippen LogP contribution in [0.3, 0.4) is 0 Å². The highest BCUT2D eigenvalue weighted by Gasteiger charge is 2.24. The van der Waals surface area contributed by atoms with E-state index in [-0.39, 0.29) is 0 Å². The quantitative estimate of drug-likeness (QED) is 0.627. The number of rotatable bonds is 4. The predicted octanol–water partition coefficient (Wildman–Crippen LogP) is 1.55. The predicted molar refractivity (Wildman–Crippen MR) is 47.2 cm³/mol. The van der Waals surface area contributed by atoms with Gasteiger partial charge in [0.1, 0.15) is 6.20 Å². The highest BCUT2D eigenvalue weighted by molar-refractivity contribution is 5.72. The lowest BCUT2D eigenvalue weighted by Gasteiger charge is -2.06. The Labute approximate surface area is 87.7 Å². The summed E-state index contributed by atoms with van der Waals surface area (Å²) in [6.45, 7) is 0. The van der Waals surface area contributed by atoms with Crippen molar-refractivity contribution in [3.63, 3.8) is 0 Å². The Morgan fingerprint density at radius 2 is 2.19 bits per heavy atom. The number of alkyl halides is 2. The maximum absolute atomic E-state index is 12.5. The van der Waals surface area contributed by atoms with Crippen LogP contribution < -0.4 is 0 Å². The molecule has 0 amide bonds. The molecule has 0 atom stereocenters. The Kier molecular flexibility index (Phi) is 3.44. The standard InChI is InChI=1S/C8H6F2N2O4/c9-8(10)5-2-11-3-6(12(15)16)4(5)1-7(13)14/h2-3,8H,1H2,(H,13,14). The lowest BCUT2D eigenvalue weighted by atomic mass is 10.1. The Hall–Kier alpha value is -2.12. The largest absolute Gasteiger partial charge is 0.481 e. The van der Waals surface area contributed by atoms with Gasteiger partial charge < -0.3 is 5.11 Å². The van der Waals surface area contributed by atoms with Crippen molar-refractivity contribution >= 4 is 11.7 Å². The average molecular weight is 232 g/mol. The molecular weight excluding hydrogens is 226 g/mol. The van der Waals surface area contributed by atoms with E-state index in [4.69, 9.17) is 5.11 Å². The minimum Gasteiger partial charge on any atom is -0.481 e. The molecule has 1 aromatic heterocycles. The van der Waals surface area contributed by atoms with Crippen molar-refractivity contribution in [2.45, 2.75) is 12.8 Å². The van der Waals surface area contributed by atoms with Gasteiger partial charge in [-0.3, -0.25) is 19.9 Å². The third kappa shape index (κ3) is 2.47. The highest BCUT2D eigenvalue weighted by atomic mass is 19.3. The van der Waals surface area contributed by atoms with Gasteiger partial charge in [-0.25, -0.2) is 8.78 Å². The van der Waals surface area contributed by atoms with Crippen LogP contribution in [0.15, 0.2) is 12.4 Å². The van der Waals surface area contributed by atoms with Crippen LogP contribution in [-0.2, 0) is 11.2 Å². The molecule has 0 aromatic carbocycles. The van der Waals surface area contributed by atoms with Gasteiger partial charge in [0.2, 0.25) is 0 Å². The van der Waals surface area contributed by atoms with Crippen molar-refractivity contribution in [3.05, 3.63) is 33.6 Å². The molecule has 0 saturated heterocycles. The van der Waals surface area contributed by atoms with E-state index in [0.717, 1.165) is 12.4 Å². The summed E-state index contributed by atoms with van der Waals surface area (Å²) in [6, 6.07) is 0. The molecule has 0 saturated carbocycles. The monoisotopic (exact) mass is 232 g/mol. The van der Waals surface area contributed by atoms with Gasteiger partial charge in [-0.1, -0.05) is 0 Å². The Bertz CT molecular complexity index is 436. The molecule has 0 radical (unpaired) electrons. The molecule has 0 unspecified atom stereocenters. The summed E-state index contributed by atoms with van der Waals surface area (Å²) in [5, 5.41) is 19.0. The van der Waals surface area contributed by atoms with Gasteiger partial charge in [0.05, 0.1) is 16.9 Å². The van der Waals surface area contributed by atoms with Gasteiger partial charge in [0.15, 0.2) is 0 Å². The molecule has 0 aliphatic heterocycles. The van der Waals surface area contributed by atoms with E-state index in [0.29, 0.717) is 0 Å². The number of hydrogen-bond donors (Lipinski definition) is 1. The molecule has 86 valence electrons. The van der Waals surface area contributed by atoms with Crippen molar-refractivity contribution in [1.29, 1.82) is 0 Å². The number of aromatic nitrogens is 1. The summed E-state index contributed by atoms with van der Waals surface area (Å²) >= 11 is 0. The number of aliphatic carboxylic acids is 1. The van der Waals surface area contributed by atoms with E-state index in [2.05, 4.69) is 4.98 Å². The first-order valence-corrected chi connectivity index (χ1v) is 4.04. The topological polar surface area (TPSA) is 93.3 Å². The summed E-state index contributed by atoms with van der Waals surface area (Å²) in [4.78, 5) is 23.3. The fraction of sp³-hybridized carbons (Fsp3) is 0.250. The third-order valence-electron chi connectivity index (χ3n) is 1.83. The average Bonchev–Trinajstić information content (AvgIpc) is 2.16.